The molecule has 0 saturated heterocycles. The summed E-state index contributed by atoms with van der Waals surface area (Å²) in [5, 5.41) is 0. The third kappa shape index (κ3) is 6.37. The molecule has 1 aliphatic carbocycles. The van der Waals surface area contributed by atoms with E-state index < -0.39 is 0 Å². The Kier molecular flexibility index (Phi) is 7.71. The van der Waals surface area contributed by atoms with E-state index in [0.29, 0.717) is 18.3 Å². The molecular weight excluding hydrogens is 316 g/mol. The summed E-state index contributed by atoms with van der Waals surface area (Å²) in [7, 11) is 0. The number of rotatable bonds is 8. The lowest BCUT2D eigenvalue weighted by atomic mass is 9.82. The van der Waals surface area contributed by atoms with Crippen LogP contribution in [-0.4, -0.2) is 18.5 Å². The van der Waals surface area contributed by atoms with Gasteiger partial charge in [-0.25, -0.2) is 4.79 Å². The smallest absolute Gasteiger partial charge is 0.330 e. The summed E-state index contributed by atoms with van der Waals surface area (Å²) in [5.74, 6) is 0.343. The van der Waals surface area contributed by atoms with E-state index in [2.05, 4.69) is 13.5 Å². The molecule has 2 rings (SSSR count). The highest BCUT2D eigenvalue weighted by Gasteiger charge is 2.28. The number of hydrogen-bond donors (Lipinski definition) is 0. The SMILES string of the molecule is C=CC(=O)OCC1CCC(C(=O)Oc2ccc(CCCC)cc2)CC1. The second kappa shape index (κ2) is 10.0. The van der Waals surface area contributed by atoms with Crippen molar-refractivity contribution in [2.24, 2.45) is 11.8 Å². The monoisotopic (exact) mass is 344 g/mol. The fourth-order valence-corrected chi connectivity index (χ4v) is 3.13. The van der Waals surface area contributed by atoms with Gasteiger partial charge in [-0.3, -0.25) is 4.79 Å². The fraction of sp³-hybridized carbons (Fsp3) is 0.524. The van der Waals surface area contributed by atoms with Crippen molar-refractivity contribution in [1.82, 2.24) is 0 Å². The Bertz CT molecular complexity index is 568. The van der Waals surface area contributed by atoms with E-state index in [1.807, 2.05) is 24.3 Å². The number of benzene rings is 1. The summed E-state index contributed by atoms with van der Waals surface area (Å²) in [6.07, 6.45) is 7.89. The Morgan fingerprint density at radius 1 is 1.16 bits per heavy atom. The van der Waals surface area contributed by atoms with Crippen LogP contribution in [0, 0.1) is 11.8 Å². The molecule has 0 aromatic heterocycles. The maximum atomic E-state index is 12.3. The normalized spacial score (nSPS) is 19.9. The predicted molar refractivity (Wildman–Crippen MR) is 97.3 cm³/mol. The fourth-order valence-electron chi connectivity index (χ4n) is 3.13. The molecule has 0 N–H and O–H groups in total. The quantitative estimate of drug-likeness (QED) is 0.397. The van der Waals surface area contributed by atoms with Crippen molar-refractivity contribution in [2.75, 3.05) is 6.61 Å². The van der Waals surface area contributed by atoms with E-state index in [0.717, 1.165) is 32.1 Å². The van der Waals surface area contributed by atoms with Crippen molar-refractivity contribution < 1.29 is 19.1 Å². The van der Waals surface area contributed by atoms with E-state index in [1.54, 1.807) is 0 Å². The summed E-state index contributed by atoms with van der Waals surface area (Å²) in [6, 6.07) is 7.82. The topological polar surface area (TPSA) is 52.6 Å². The zero-order chi connectivity index (χ0) is 18.1. The van der Waals surface area contributed by atoms with Gasteiger partial charge >= 0.3 is 11.9 Å². The van der Waals surface area contributed by atoms with E-state index >= 15 is 0 Å². The molecule has 0 atom stereocenters. The van der Waals surface area contributed by atoms with E-state index in [-0.39, 0.29) is 17.9 Å². The largest absolute Gasteiger partial charge is 0.462 e. The minimum Gasteiger partial charge on any atom is -0.462 e. The Labute approximate surface area is 150 Å². The molecule has 4 nitrogen and oxygen atoms in total. The summed E-state index contributed by atoms with van der Waals surface area (Å²) in [5.41, 5.74) is 1.27. The van der Waals surface area contributed by atoms with Gasteiger partial charge in [0.1, 0.15) is 5.75 Å². The van der Waals surface area contributed by atoms with E-state index in [4.69, 9.17) is 9.47 Å². The van der Waals surface area contributed by atoms with Gasteiger partial charge in [-0.2, -0.15) is 0 Å². The van der Waals surface area contributed by atoms with Crippen molar-refractivity contribution in [3.8, 4) is 5.75 Å². The van der Waals surface area contributed by atoms with Crippen molar-refractivity contribution in [1.29, 1.82) is 0 Å². The minimum absolute atomic E-state index is 0.0638. The third-order valence-electron chi connectivity index (χ3n) is 4.77. The van der Waals surface area contributed by atoms with E-state index in [1.165, 1.54) is 24.5 Å². The zero-order valence-corrected chi connectivity index (χ0v) is 15.0. The molecule has 0 amide bonds. The summed E-state index contributed by atoms with van der Waals surface area (Å²) >= 11 is 0. The van der Waals surface area contributed by atoms with Crippen LogP contribution in [0.15, 0.2) is 36.9 Å². The summed E-state index contributed by atoms with van der Waals surface area (Å²) in [6.45, 7) is 5.97. The average molecular weight is 344 g/mol. The Hall–Kier alpha value is -2.10. The van der Waals surface area contributed by atoms with Gasteiger partial charge < -0.3 is 9.47 Å². The van der Waals surface area contributed by atoms with Gasteiger partial charge in [0.15, 0.2) is 0 Å². The second-order valence-corrected chi connectivity index (χ2v) is 6.72. The van der Waals surface area contributed by atoms with Crippen LogP contribution < -0.4 is 4.74 Å². The van der Waals surface area contributed by atoms with Crippen molar-refractivity contribution in [3.05, 3.63) is 42.5 Å². The van der Waals surface area contributed by atoms with Crippen LogP contribution in [-0.2, 0) is 20.7 Å². The molecule has 4 heteroatoms. The summed E-state index contributed by atoms with van der Waals surface area (Å²) in [4.78, 5) is 23.4. The predicted octanol–water partition coefficient (Wildman–Crippen LogP) is 4.47. The van der Waals surface area contributed by atoms with Gasteiger partial charge in [-0.05, 0) is 62.1 Å². The van der Waals surface area contributed by atoms with Gasteiger partial charge in [0.2, 0.25) is 0 Å². The molecule has 1 aliphatic rings. The average Bonchev–Trinajstić information content (AvgIpc) is 2.65. The molecule has 0 bridgehead atoms. The minimum atomic E-state index is -0.385. The second-order valence-electron chi connectivity index (χ2n) is 6.72. The van der Waals surface area contributed by atoms with Crippen molar-refractivity contribution in [3.63, 3.8) is 0 Å². The number of aryl methyl sites for hydroxylation is 1. The molecule has 1 aromatic carbocycles. The van der Waals surface area contributed by atoms with Gasteiger partial charge in [0.25, 0.3) is 0 Å². The molecule has 136 valence electrons. The number of carbonyl (C=O) groups excluding carboxylic acids is 2. The standard InChI is InChI=1S/C21H28O4/c1-3-5-6-16-9-13-19(14-10-16)25-21(23)18-11-7-17(8-12-18)15-24-20(22)4-2/h4,9-10,13-14,17-18H,2-3,5-8,11-12,15H2,1H3. The van der Waals surface area contributed by atoms with Gasteiger partial charge in [-0.1, -0.05) is 32.1 Å². The molecule has 1 fully saturated rings. The van der Waals surface area contributed by atoms with E-state index in [9.17, 15) is 9.59 Å². The maximum Gasteiger partial charge on any atom is 0.330 e. The molecule has 0 aliphatic heterocycles. The number of carbonyl (C=O) groups is 2. The highest BCUT2D eigenvalue weighted by Crippen LogP contribution is 2.30. The Morgan fingerprint density at radius 3 is 2.44 bits per heavy atom. The third-order valence-corrected chi connectivity index (χ3v) is 4.77. The summed E-state index contributed by atoms with van der Waals surface area (Å²) < 4.78 is 10.6. The van der Waals surface area contributed by atoms with Gasteiger partial charge in [0, 0.05) is 6.08 Å². The molecule has 25 heavy (non-hydrogen) atoms. The van der Waals surface area contributed by atoms with Crippen LogP contribution in [0.3, 0.4) is 0 Å². The maximum absolute atomic E-state index is 12.3. The van der Waals surface area contributed by atoms with Crippen LogP contribution in [0.1, 0.15) is 51.0 Å². The Balaban J connectivity index is 1.74. The van der Waals surface area contributed by atoms with Crippen LogP contribution in [0.25, 0.3) is 0 Å². The molecule has 1 aromatic rings. The molecule has 0 unspecified atom stereocenters. The lowest BCUT2D eigenvalue weighted by Gasteiger charge is -2.26. The van der Waals surface area contributed by atoms with Gasteiger partial charge in [0.05, 0.1) is 12.5 Å². The molecule has 0 spiro atoms. The number of esters is 2. The van der Waals surface area contributed by atoms with Gasteiger partial charge in [-0.15, -0.1) is 0 Å². The zero-order valence-electron chi connectivity index (χ0n) is 15.0. The first-order valence-electron chi connectivity index (χ1n) is 9.22. The highest BCUT2D eigenvalue weighted by molar-refractivity contribution is 5.81. The molecular formula is C21H28O4. The van der Waals surface area contributed by atoms with Crippen LogP contribution in [0.5, 0.6) is 5.75 Å². The first kappa shape index (κ1) is 19.2. The number of hydrogen-bond acceptors (Lipinski definition) is 4. The lowest BCUT2D eigenvalue weighted by molar-refractivity contribution is -0.143. The van der Waals surface area contributed by atoms with Crippen molar-refractivity contribution >= 4 is 11.9 Å². The first-order chi connectivity index (χ1) is 12.1. The highest BCUT2D eigenvalue weighted by atomic mass is 16.5. The lowest BCUT2D eigenvalue weighted by Crippen LogP contribution is -2.27. The molecule has 0 radical (unpaired) electrons. The Morgan fingerprint density at radius 2 is 1.84 bits per heavy atom. The molecule has 0 heterocycles. The number of ether oxygens (including phenoxy) is 2. The first-order valence-corrected chi connectivity index (χ1v) is 9.22. The van der Waals surface area contributed by atoms with Crippen LogP contribution >= 0.6 is 0 Å². The van der Waals surface area contributed by atoms with Crippen LogP contribution in [0.2, 0.25) is 0 Å². The molecule has 1 saturated carbocycles. The van der Waals surface area contributed by atoms with Crippen LogP contribution in [0.4, 0.5) is 0 Å². The van der Waals surface area contributed by atoms with Crippen molar-refractivity contribution in [2.45, 2.75) is 51.9 Å². The number of unbranched alkanes of at least 4 members (excludes halogenated alkanes) is 1.